The molecule has 1 aromatic rings. The van der Waals surface area contributed by atoms with Crippen molar-refractivity contribution in [3.63, 3.8) is 0 Å². The third kappa shape index (κ3) is 5.47. The summed E-state index contributed by atoms with van der Waals surface area (Å²) >= 11 is 17.7. The molecule has 0 saturated heterocycles. The first kappa shape index (κ1) is 17.5. The Hall–Kier alpha value is -0.510. The van der Waals surface area contributed by atoms with Gasteiger partial charge in [-0.3, -0.25) is 0 Å². The van der Waals surface area contributed by atoms with Crippen LogP contribution in [0.1, 0.15) is 27.7 Å². The van der Waals surface area contributed by atoms with Crippen molar-refractivity contribution < 1.29 is 0 Å². The van der Waals surface area contributed by atoms with Gasteiger partial charge in [-0.2, -0.15) is 0 Å². The first-order chi connectivity index (χ1) is 9.31. The molecule has 1 rings (SSSR count). The zero-order chi connectivity index (χ0) is 15.3. The quantitative estimate of drug-likeness (QED) is 0.736. The highest BCUT2D eigenvalue weighted by molar-refractivity contribution is 7.80. The van der Waals surface area contributed by atoms with Gasteiger partial charge in [-0.1, -0.05) is 57.0 Å². The lowest BCUT2D eigenvalue weighted by Gasteiger charge is -2.29. The summed E-state index contributed by atoms with van der Waals surface area (Å²) in [6.45, 7) is 10.6. The molecular formula is C15H22Cl2N2S. The van der Waals surface area contributed by atoms with E-state index in [0.29, 0.717) is 27.0 Å². The molecule has 2 nitrogen and oxygen atoms in total. The minimum absolute atomic E-state index is 0.505. The van der Waals surface area contributed by atoms with Crippen molar-refractivity contribution in [2.45, 2.75) is 27.7 Å². The van der Waals surface area contributed by atoms with Crippen molar-refractivity contribution in [3.05, 3.63) is 28.2 Å². The van der Waals surface area contributed by atoms with Crippen molar-refractivity contribution in [2.75, 3.05) is 18.4 Å². The molecule has 0 amide bonds. The van der Waals surface area contributed by atoms with Crippen molar-refractivity contribution in [1.82, 2.24) is 4.90 Å². The molecule has 112 valence electrons. The van der Waals surface area contributed by atoms with Crippen LogP contribution in [-0.4, -0.2) is 23.1 Å². The second-order valence-corrected chi connectivity index (χ2v) is 6.90. The Kier molecular flexibility index (Phi) is 7.07. The average Bonchev–Trinajstić information content (AvgIpc) is 2.33. The number of nitrogens with zero attached hydrogens (tertiary/aromatic N) is 1. The normalized spacial score (nSPS) is 11.0. The SMILES string of the molecule is CC(C)CN(CC(C)C)C(=S)Nc1cccc(Cl)c1Cl. The lowest BCUT2D eigenvalue weighted by molar-refractivity contribution is 0.332. The van der Waals surface area contributed by atoms with Crippen LogP contribution < -0.4 is 5.32 Å². The Morgan fingerprint density at radius 2 is 1.70 bits per heavy atom. The topological polar surface area (TPSA) is 15.3 Å². The van der Waals surface area contributed by atoms with Crippen LogP contribution >= 0.6 is 35.4 Å². The van der Waals surface area contributed by atoms with Crippen molar-refractivity contribution in [2.24, 2.45) is 11.8 Å². The van der Waals surface area contributed by atoms with Gasteiger partial charge in [0.25, 0.3) is 0 Å². The molecule has 0 aliphatic heterocycles. The van der Waals surface area contributed by atoms with Gasteiger partial charge < -0.3 is 10.2 Å². The van der Waals surface area contributed by atoms with Crippen molar-refractivity contribution >= 4 is 46.2 Å². The van der Waals surface area contributed by atoms with Crippen LogP contribution in [0.25, 0.3) is 0 Å². The highest BCUT2D eigenvalue weighted by Gasteiger charge is 2.14. The van der Waals surface area contributed by atoms with Crippen LogP contribution in [0.15, 0.2) is 18.2 Å². The van der Waals surface area contributed by atoms with E-state index in [2.05, 4.69) is 37.9 Å². The molecule has 0 bridgehead atoms. The summed E-state index contributed by atoms with van der Waals surface area (Å²) in [6, 6.07) is 5.50. The first-order valence-corrected chi connectivity index (χ1v) is 7.97. The number of benzene rings is 1. The third-order valence-corrected chi connectivity index (χ3v) is 3.83. The standard InChI is InChI=1S/C15H22Cl2N2S/c1-10(2)8-19(9-11(3)4)15(20)18-13-7-5-6-12(16)14(13)17/h5-7,10-11H,8-9H2,1-4H3,(H,18,20). The number of hydrogen-bond donors (Lipinski definition) is 1. The first-order valence-electron chi connectivity index (χ1n) is 6.81. The van der Waals surface area contributed by atoms with Gasteiger partial charge in [-0.25, -0.2) is 0 Å². The summed E-state index contributed by atoms with van der Waals surface area (Å²) in [5.41, 5.74) is 0.752. The van der Waals surface area contributed by atoms with E-state index in [1.165, 1.54) is 0 Å². The lowest BCUT2D eigenvalue weighted by atomic mass is 10.1. The Morgan fingerprint density at radius 3 is 2.20 bits per heavy atom. The van der Waals surface area contributed by atoms with Crippen molar-refractivity contribution in [1.29, 1.82) is 0 Å². The predicted molar refractivity (Wildman–Crippen MR) is 93.9 cm³/mol. The zero-order valence-electron chi connectivity index (χ0n) is 12.4. The van der Waals surface area contributed by atoms with Crippen LogP contribution in [0.3, 0.4) is 0 Å². The molecule has 1 N–H and O–H groups in total. The van der Waals surface area contributed by atoms with E-state index in [-0.39, 0.29) is 0 Å². The van der Waals surface area contributed by atoms with E-state index in [1.54, 1.807) is 6.07 Å². The number of halogens is 2. The minimum atomic E-state index is 0.505. The van der Waals surface area contributed by atoms with Gasteiger partial charge in [0.2, 0.25) is 0 Å². The predicted octanol–water partition coefficient (Wildman–Crippen LogP) is 5.30. The van der Waals surface area contributed by atoms with Crippen LogP contribution in [0.5, 0.6) is 0 Å². The lowest BCUT2D eigenvalue weighted by Crippen LogP contribution is -2.39. The summed E-state index contributed by atoms with van der Waals surface area (Å²) in [4.78, 5) is 2.18. The molecule has 0 aliphatic carbocycles. The molecule has 0 unspecified atom stereocenters. The highest BCUT2D eigenvalue weighted by atomic mass is 35.5. The summed E-state index contributed by atoms with van der Waals surface area (Å²) in [7, 11) is 0. The van der Waals surface area contributed by atoms with Gasteiger partial charge in [-0.15, -0.1) is 0 Å². The van der Waals surface area contributed by atoms with Crippen LogP contribution in [-0.2, 0) is 0 Å². The Bertz CT molecular complexity index is 451. The Balaban J connectivity index is 2.82. The van der Waals surface area contributed by atoms with E-state index in [4.69, 9.17) is 35.4 Å². The fraction of sp³-hybridized carbons (Fsp3) is 0.533. The second kappa shape index (κ2) is 8.06. The summed E-state index contributed by atoms with van der Waals surface area (Å²) in [5.74, 6) is 1.09. The van der Waals surface area contributed by atoms with E-state index in [9.17, 15) is 0 Å². The molecule has 0 spiro atoms. The molecular weight excluding hydrogens is 311 g/mol. The van der Waals surface area contributed by atoms with Gasteiger partial charge in [0.05, 0.1) is 15.7 Å². The van der Waals surface area contributed by atoms with E-state index in [0.717, 1.165) is 18.8 Å². The van der Waals surface area contributed by atoms with Crippen LogP contribution in [0.4, 0.5) is 5.69 Å². The maximum atomic E-state index is 6.18. The fourth-order valence-corrected chi connectivity index (χ4v) is 2.52. The molecule has 0 aliphatic rings. The molecule has 1 aromatic carbocycles. The number of hydrogen-bond acceptors (Lipinski definition) is 1. The number of rotatable bonds is 5. The second-order valence-electron chi connectivity index (χ2n) is 5.72. The van der Waals surface area contributed by atoms with Gasteiger partial charge in [0.15, 0.2) is 5.11 Å². The van der Waals surface area contributed by atoms with Gasteiger partial charge in [0.1, 0.15) is 0 Å². The highest BCUT2D eigenvalue weighted by Crippen LogP contribution is 2.29. The molecule has 0 aromatic heterocycles. The Labute approximate surface area is 137 Å². The fourth-order valence-electron chi connectivity index (χ4n) is 1.92. The van der Waals surface area contributed by atoms with E-state index >= 15 is 0 Å². The minimum Gasteiger partial charge on any atom is -0.349 e. The van der Waals surface area contributed by atoms with E-state index < -0.39 is 0 Å². The molecule has 20 heavy (non-hydrogen) atoms. The average molecular weight is 333 g/mol. The molecule has 0 heterocycles. The summed E-state index contributed by atoms with van der Waals surface area (Å²) < 4.78 is 0. The van der Waals surface area contributed by atoms with Crippen LogP contribution in [0.2, 0.25) is 10.0 Å². The largest absolute Gasteiger partial charge is 0.349 e. The van der Waals surface area contributed by atoms with Gasteiger partial charge >= 0.3 is 0 Å². The molecule has 5 heteroatoms. The van der Waals surface area contributed by atoms with Crippen molar-refractivity contribution in [3.8, 4) is 0 Å². The molecule has 0 saturated carbocycles. The van der Waals surface area contributed by atoms with Gasteiger partial charge in [0, 0.05) is 13.1 Å². The number of thiocarbonyl (C=S) groups is 1. The smallest absolute Gasteiger partial charge is 0.173 e. The summed E-state index contributed by atoms with van der Waals surface area (Å²) in [6.07, 6.45) is 0. The van der Waals surface area contributed by atoms with Crippen LogP contribution in [0, 0.1) is 11.8 Å². The summed E-state index contributed by atoms with van der Waals surface area (Å²) in [5, 5.41) is 4.93. The third-order valence-electron chi connectivity index (χ3n) is 2.65. The maximum Gasteiger partial charge on any atom is 0.173 e. The monoisotopic (exact) mass is 332 g/mol. The molecule has 0 atom stereocenters. The Morgan fingerprint density at radius 1 is 1.15 bits per heavy atom. The number of nitrogens with one attached hydrogen (secondary N) is 1. The maximum absolute atomic E-state index is 6.18. The number of anilines is 1. The zero-order valence-corrected chi connectivity index (χ0v) is 14.7. The molecule has 0 radical (unpaired) electrons. The van der Waals surface area contributed by atoms with Gasteiger partial charge in [-0.05, 0) is 36.2 Å². The van der Waals surface area contributed by atoms with E-state index in [1.807, 2.05) is 12.1 Å². The molecule has 0 fully saturated rings.